The second-order valence-corrected chi connectivity index (χ2v) is 12.5. The van der Waals surface area contributed by atoms with Crippen molar-refractivity contribution in [2.24, 2.45) is 11.7 Å². The maximum atomic E-state index is 13.9. The SMILES string of the molecule is NC1(C(=O)Nc2ccc3c(c2)CC[C@]32OC(=O)N(CC(O)N3Cc4ccc(F)cc4CC[C@@H]3C3CC3)C2=O)CCC1. The van der Waals surface area contributed by atoms with Crippen molar-refractivity contribution in [2.75, 3.05) is 11.9 Å². The number of anilines is 1. The number of benzene rings is 2. The predicted molar refractivity (Wildman–Crippen MR) is 147 cm³/mol. The van der Waals surface area contributed by atoms with Crippen molar-refractivity contribution in [3.63, 3.8) is 0 Å². The first-order valence-corrected chi connectivity index (χ1v) is 14.7. The molecule has 3 fully saturated rings. The van der Waals surface area contributed by atoms with Gasteiger partial charge in [-0.25, -0.2) is 14.1 Å². The predicted octanol–water partition coefficient (Wildman–Crippen LogP) is 3.31. The Kier molecular flexibility index (Phi) is 6.22. The van der Waals surface area contributed by atoms with E-state index in [1.165, 1.54) is 6.07 Å². The molecule has 5 aliphatic rings. The topological polar surface area (TPSA) is 125 Å². The number of β-amino-alcohol motifs (C(OH)–C–C–N with tert-alkyl or cyclic N) is 1. The van der Waals surface area contributed by atoms with Gasteiger partial charge in [0.1, 0.15) is 12.0 Å². The van der Waals surface area contributed by atoms with Crippen LogP contribution in [-0.2, 0) is 39.3 Å². The molecule has 2 heterocycles. The average molecular weight is 563 g/mol. The highest BCUT2D eigenvalue weighted by Gasteiger charge is 2.58. The summed E-state index contributed by atoms with van der Waals surface area (Å²) < 4.78 is 19.7. The van der Waals surface area contributed by atoms with Gasteiger partial charge in [-0.15, -0.1) is 0 Å². The Balaban J connectivity index is 1.09. The van der Waals surface area contributed by atoms with Crippen molar-refractivity contribution in [1.82, 2.24) is 9.80 Å². The number of fused-ring (bicyclic) bond motifs is 3. The Morgan fingerprint density at radius 3 is 2.61 bits per heavy atom. The highest BCUT2D eigenvalue weighted by molar-refractivity contribution is 6.04. The van der Waals surface area contributed by atoms with Gasteiger partial charge in [0, 0.05) is 30.3 Å². The second-order valence-electron chi connectivity index (χ2n) is 12.5. The van der Waals surface area contributed by atoms with E-state index in [-0.39, 0.29) is 24.3 Å². The Bertz CT molecular complexity index is 1440. The van der Waals surface area contributed by atoms with E-state index in [4.69, 9.17) is 10.5 Å². The van der Waals surface area contributed by atoms with Crippen molar-refractivity contribution in [3.8, 4) is 0 Å². The largest absolute Gasteiger partial charge is 0.427 e. The zero-order chi connectivity index (χ0) is 28.5. The Morgan fingerprint density at radius 2 is 1.88 bits per heavy atom. The zero-order valence-electron chi connectivity index (χ0n) is 22.9. The quantitative estimate of drug-likeness (QED) is 0.493. The van der Waals surface area contributed by atoms with E-state index in [1.807, 2.05) is 11.0 Å². The third kappa shape index (κ3) is 4.43. The molecule has 3 amide bonds. The van der Waals surface area contributed by atoms with E-state index < -0.39 is 29.4 Å². The maximum absolute atomic E-state index is 13.9. The van der Waals surface area contributed by atoms with Crippen LogP contribution in [0.15, 0.2) is 36.4 Å². The number of hydrogen-bond donors (Lipinski definition) is 3. The monoisotopic (exact) mass is 562 g/mol. The number of nitrogens with two attached hydrogens (primary N) is 1. The summed E-state index contributed by atoms with van der Waals surface area (Å²) in [4.78, 5) is 42.5. The van der Waals surface area contributed by atoms with E-state index in [0.29, 0.717) is 49.4 Å². The Morgan fingerprint density at radius 1 is 1.07 bits per heavy atom. The van der Waals surface area contributed by atoms with Crippen molar-refractivity contribution in [2.45, 2.75) is 87.7 Å². The molecule has 2 aromatic rings. The number of ether oxygens (including phenoxy) is 1. The fraction of sp³-hybridized carbons (Fsp3) is 0.516. The van der Waals surface area contributed by atoms with E-state index >= 15 is 0 Å². The van der Waals surface area contributed by atoms with Crippen LogP contribution in [0.2, 0.25) is 0 Å². The van der Waals surface area contributed by atoms with Crippen LogP contribution < -0.4 is 11.1 Å². The summed E-state index contributed by atoms with van der Waals surface area (Å²) in [5, 5.41) is 14.4. The molecule has 9 nitrogen and oxygen atoms in total. The van der Waals surface area contributed by atoms with Gasteiger partial charge in [-0.2, -0.15) is 0 Å². The van der Waals surface area contributed by atoms with Gasteiger partial charge in [-0.05, 0) is 98.2 Å². The standard InChI is InChI=1S/C31H35FN4O5/c32-22-6-4-21-16-35(25(18-2-3-18)9-5-19(21)14-22)26(37)17-36-28(39)31(41-29(36)40)13-10-20-15-23(7-8-24(20)31)34-27(38)30(33)11-1-12-30/h4,6-8,14-15,18,25-26,37H,1-3,5,9-13,16-17,33H2,(H,34,38)/t25-,26?,31+/m1/s1. The summed E-state index contributed by atoms with van der Waals surface area (Å²) in [6.07, 6.45) is 4.82. The van der Waals surface area contributed by atoms with Crippen molar-refractivity contribution < 1.29 is 28.6 Å². The summed E-state index contributed by atoms with van der Waals surface area (Å²) >= 11 is 0. The fourth-order valence-electron chi connectivity index (χ4n) is 7.14. The molecule has 41 heavy (non-hydrogen) atoms. The van der Waals surface area contributed by atoms with Gasteiger partial charge < -0.3 is 20.9 Å². The highest BCUT2D eigenvalue weighted by atomic mass is 19.1. The van der Waals surface area contributed by atoms with E-state index in [0.717, 1.165) is 53.7 Å². The number of halogens is 1. The number of aliphatic hydroxyl groups is 1. The molecular formula is C31H35FN4O5. The van der Waals surface area contributed by atoms with Gasteiger partial charge in [0.2, 0.25) is 11.5 Å². The molecule has 7 rings (SSSR count). The summed E-state index contributed by atoms with van der Waals surface area (Å²) in [5.41, 5.74) is 7.81. The van der Waals surface area contributed by atoms with Crippen LogP contribution in [0.4, 0.5) is 14.9 Å². The van der Waals surface area contributed by atoms with Gasteiger partial charge in [-0.1, -0.05) is 12.1 Å². The number of carbonyl (C=O) groups excluding carboxylic acids is 3. The molecule has 0 bridgehead atoms. The lowest BCUT2D eigenvalue weighted by Crippen LogP contribution is -2.56. The zero-order valence-corrected chi connectivity index (χ0v) is 22.9. The number of rotatable bonds is 6. The number of hydrogen-bond acceptors (Lipinski definition) is 7. The molecule has 10 heteroatoms. The number of nitrogens with one attached hydrogen (secondary N) is 1. The number of carbonyl (C=O) groups is 3. The molecule has 2 aliphatic heterocycles. The van der Waals surface area contributed by atoms with Crippen LogP contribution in [-0.4, -0.2) is 57.2 Å². The second kappa shape index (κ2) is 9.61. The van der Waals surface area contributed by atoms with Gasteiger partial charge in [0.05, 0.1) is 12.1 Å². The summed E-state index contributed by atoms with van der Waals surface area (Å²) in [5.74, 6) is -0.533. The third-order valence-electron chi connectivity index (χ3n) is 9.87. The van der Waals surface area contributed by atoms with Crippen LogP contribution in [0.1, 0.15) is 67.2 Å². The first-order chi connectivity index (χ1) is 19.7. The van der Waals surface area contributed by atoms with Gasteiger partial charge in [0.15, 0.2) is 0 Å². The number of imide groups is 1. The van der Waals surface area contributed by atoms with Gasteiger partial charge >= 0.3 is 6.09 Å². The van der Waals surface area contributed by atoms with E-state index in [9.17, 15) is 23.9 Å². The molecule has 216 valence electrons. The molecule has 3 aliphatic carbocycles. The van der Waals surface area contributed by atoms with Crippen LogP contribution in [0.3, 0.4) is 0 Å². The number of aryl methyl sites for hydroxylation is 2. The van der Waals surface area contributed by atoms with E-state index in [1.54, 1.807) is 24.3 Å². The Hall–Kier alpha value is -3.34. The lowest BCUT2D eigenvalue weighted by atomic mass is 9.77. The lowest BCUT2D eigenvalue weighted by Gasteiger charge is -2.36. The molecule has 4 N–H and O–H groups in total. The maximum Gasteiger partial charge on any atom is 0.418 e. The van der Waals surface area contributed by atoms with Gasteiger partial charge in [0.25, 0.3) is 5.91 Å². The number of nitrogens with zero attached hydrogens (tertiary/aromatic N) is 2. The number of aliphatic hydroxyl groups excluding tert-OH is 1. The summed E-state index contributed by atoms with van der Waals surface area (Å²) in [7, 11) is 0. The fourth-order valence-corrected chi connectivity index (χ4v) is 7.14. The third-order valence-corrected chi connectivity index (χ3v) is 9.87. The lowest BCUT2D eigenvalue weighted by molar-refractivity contribution is -0.140. The van der Waals surface area contributed by atoms with Crippen molar-refractivity contribution in [3.05, 3.63) is 64.5 Å². The normalized spacial score (nSPS) is 27.6. The molecule has 0 aromatic heterocycles. The molecule has 2 saturated carbocycles. The molecule has 3 atom stereocenters. The molecule has 2 aromatic carbocycles. The molecule has 0 radical (unpaired) electrons. The van der Waals surface area contributed by atoms with Crippen LogP contribution >= 0.6 is 0 Å². The first-order valence-electron chi connectivity index (χ1n) is 14.7. The molecular weight excluding hydrogens is 527 g/mol. The first kappa shape index (κ1) is 26.6. The minimum Gasteiger partial charge on any atom is -0.427 e. The summed E-state index contributed by atoms with van der Waals surface area (Å²) in [6, 6.07) is 10.1. The van der Waals surface area contributed by atoms with Crippen LogP contribution in [0.25, 0.3) is 0 Å². The minimum atomic E-state index is -1.43. The molecule has 1 unspecified atom stereocenters. The van der Waals surface area contributed by atoms with Crippen molar-refractivity contribution in [1.29, 1.82) is 0 Å². The summed E-state index contributed by atoms with van der Waals surface area (Å²) in [6.45, 7) is 0.211. The van der Waals surface area contributed by atoms with Crippen LogP contribution in [0, 0.1) is 11.7 Å². The molecule has 1 spiro atoms. The Labute approximate surface area is 237 Å². The van der Waals surface area contributed by atoms with Crippen LogP contribution in [0.5, 0.6) is 0 Å². The number of amides is 3. The van der Waals surface area contributed by atoms with E-state index in [2.05, 4.69) is 5.32 Å². The molecule has 1 saturated heterocycles. The van der Waals surface area contributed by atoms with Crippen molar-refractivity contribution >= 4 is 23.6 Å². The highest BCUT2D eigenvalue weighted by Crippen LogP contribution is 2.47. The average Bonchev–Trinajstić information content (AvgIpc) is 3.70. The van der Waals surface area contributed by atoms with Gasteiger partial charge in [-0.3, -0.25) is 14.5 Å². The minimum absolute atomic E-state index is 0.0802. The smallest absolute Gasteiger partial charge is 0.418 e.